The molecule has 0 spiro atoms. The summed E-state index contributed by atoms with van der Waals surface area (Å²) in [7, 11) is -2.00. The summed E-state index contributed by atoms with van der Waals surface area (Å²) in [5.74, 6) is -1.44. The second-order valence-electron chi connectivity index (χ2n) is 6.24. The van der Waals surface area contributed by atoms with Gasteiger partial charge in [-0.05, 0) is 25.0 Å². The number of hydrogen-bond donors (Lipinski definition) is 2. The van der Waals surface area contributed by atoms with Gasteiger partial charge >= 0.3 is 6.03 Å². The van der Waals surface area contributed by atoms with E-state index in [2.05, 4.69) is 25.4 Å². The average Bonchev–Trinajstić information content (AvgIpc) is 3.07. The van der Waals surface area contributed by atoms with Crippen LogP contribution < -0.4 is 19.5 Å². The molecule has 0 saturated carbocycles. The van der Waals surface area contributed by atoms with Crippen LogP contribution in [-0.2, 0) is 16.4 Å². The number of anilines is 1. The van der Waals surface area contributed by atoms with Crippen molar-refractivity contribution in [2.45, 2.75) is 31.2 Å². The highest BCUT2D eigenvalue weighted by Gasteiger charge is 2.29. The third kappa shape index (κ3) is 4.96. The van der Waals surface area contributed by atoms with Crippen LogP contribution in [0.2, 0.25) is 0 Å². The molecule has 0 fully saturated rings. The quantitative estimate of drug-likeness (QED) is 0.517. The fourth-order valence-corrected chi connectivity index (χ4v) is 3.63. The van der Waals surface area contributed by atoms with Gasteiger partial charge in [-0.3, -0.25) is 5.32 Å². The molecule has 2 N–H and O–H groups in total. The molecule has 0 radical (unpaired) electrons. The summed E-state index contributed by atoms with van der Waals surface area (Å²) in [6.45, 7) is 2.00. The number of ether oxygens (including phenoxy) is 2. The Morgan fingerprint density at radius 1 is 1.16 bits per heavy atom. The van der Waals surface area contributed by atoms with E-state index in [0.717, 1.165) is 17.4 Å². The van der Waals surface area contributed by atoms with Crippen molar-refractivity contribution in [3.05, 3.63) is 29.8 Å². The third-order valence-corrected chi connectivity index (χ3v) is 5.35. The van der Waals surface area contributed by atoms with E-state index in [1.54, 1.807) is 10.8 Å². The van der Waals surface area contributed by atoms with Crippen molar-refractivity contribution < 1.29 is 27.1 Å². The van der Waals surface area contributed by atoms with Crippen LogP contribution in [0.1, 0.15) is 25.5 Å². The largest absolute Gasteiger partial charge is 0.481 e. The van der Waals surface area contributed by atoms with E-state index in [0.29, 0.717) is 12.1 Å². The summed E-state index contributed by atoms with van der Waals surface area (Å²) in [4.78, 5) is 23.5. The molecule has 0 saturated heterocycles. The smallest absolute Gasteiger partial charge is 0.335 e. The number of unbranched alkanes of at least 4 members (excludes halogenated alkanes) is 1. The molecule has 0 aliphatic heterocycles. The van der Waals surface area contributed by atoms with Gasteiger partial charge < -0.3 is 9.47 Å². The number of amides is 2. The highest BCUT2D eigenvalue weighted by molar-refractivity contribution is 7.90. The molecule has 12 nitrogen and oxygen atoms in total. The SMILES string of the molecule is CCCCc1ccc2nc(F)c(S(=O)(=O)NC(=O)Nc3nc(OC)cc(OC)n3)n2n1. The van der Waals surface area contributed by atoms with Crippen LogP contribution in [0.15, 0.2) is 23.2 Å². The number of hydrogen-bond acceptors (Lipinski definition) is 9. The molecule has 0 bridgehead atoms. The predicted molar refractivity (Wildman–Crippen MR) is 106 cm³/mol. The fraction of sp³-hybridized carbons (Fsp3) is 0.353. The number of sulfonamides is 1. The third-order valence-electron chi connectivity index (χ3n) is 4.04. The van der Waals surface area contributed by atoms with Gasteiger partial charge in [0.1, 0.15) is 0 Å². The Balaban J connectivity index is 1.87. The Labute approximate surface area is 176 Å². The van der Waals surface area contributed by atoms with E-state index in [9.17, 15) is 17.6 Å². The zero-order valence-corrected chi connectivity index (χ0v) is 17.7. The summed E-state index contributed by atoms with van der Waals surface area (Å²) >= 11 is 0. The van der Waals surface area contributed by atoms with E-state index >= 15 is 0 Å². The number of nitrogens with one attached hydrogen (secondary N) is 2. The zero-order chi connectivity index (χ0) is 22.6. The molecule has 2 amide bonds. The number of imidazole rings is 1. The van der Waals surface area contributed by atoms with Gasteiger partial charge in [0.05, 0.1) is 26.0 Å². The van der Waals surface area contributed by atoms with Crippen molar-refractivity contribution in [3.63, 3.8) is 0 Å². The van der Waals surface area contributed by atoms with Gasteiger partial charge in [-0.2, -0.15) is 37.4 Å². The zero-order valence-electron chi connectivity index (χ0n) is 16.9. The Bertz CT molecular complexity index is 1190. The van der Waals surface area contributed by atoms with Crippen molar-refractivity contribution in [2.24, 2.45) is 0 Å². The van der Waals surface area contributed by atoms with Crippen LogP contribution in [0.3, 0.4) is 0 Å². The maximum Gasteiger partial charge on any atom is 0.335 e. The van der Waals surface area contributed by atoms with Crippen molar-refractivity contribution in [1.82, 2.24) is 29.3 Å². The van der Waals surface area contributed by atoms with Crippen LogP contribution in [0, 0.1) is 5.95 Å². The van der Waals surface area contributed by atoms with Crippen molar-refractivity contribution in [1.29, 1.82) is 0 Å². The Morgan fingerprint density at radius 2 is 1.84 bits per heavy atom. The number of urea groups is 1. The molecule has 3 heterocycles. The first-order valence-electron chi connectivity index (χ1n) is 9.12. The first kappa shape index (κ1) is 22.1. The van der Waals surface area contributed by atoms with Gasteiger partial charge in [0.15, 0.2) is 5.65 Å². The van der Waals surface area contributed by atoms with Crippen molar-refractivity contribution in [3.8, 4) is 11.8 Å². The summed E-state index contributed by atoms with van der Waals surface area (Å²) in [5.41, 5.74) is 0.545. The lowest BCUT2D eigenvalue weighted by Crippen LogP contribution is -2.36. The van der Waals surface area contributed by atoms with E-state index in [1.807, 2.05) is 6.92 Å². The molecule has 166 valence electrons. The molecule has 0 aromatic carbocycles. The van der Waals surface area contributed by atoms with Crippen molar-refractivity contribution in [2.75, 3.05) is 19.5 Å². The number of fused-ring (bicyclic) bond motifs is 1. The van der Waals surface area contributed by atoms with E-state index in [1.165, 1.54) is 26.4 Å². The first-order chi connectivity index (χ1) is 14.8. The number of aromatic nitrogens is 5. The normalized spacial score (nSPS) is 11.4. The molecule has 14 heteroatoms. The molecular weight excluding hydrogens is 433 g/mol. The minimum Gasteiger partial charge on any atom is -0.481 e. The van der Waals surface area contributed by atoms with Gasteiger partial charge in [-0.25, -0.2) is 9.52 Å². The monoisotopic (exact) mass is 453 g/mol. The minimum atomic E-state index is -4.68. The number of halogens is 1. The standard InChI is InChI=1S/C17H20FN7O5S/c1-4-5-6-10-7-8-11-19-14(18)15(25(11)23-10)31(27,28)24-17(26)22-16-20-12(29-2)9-13(21-16)30-3/h7-9H,4-6H2,1-3H3,(H2,20,21,22,24,26). The Hall–Kier alpha value is -3.55. The van der Waals surface area contributed by atoms with E-state index < -0.39 is 27.0 Å². The van der Waals surface area contributed by atoms with Crippen LogP contribution in [0.5, 0.6) is 11.8 Å². The summed E-state index contributed by atoms with van der Waals surface area (Å²) in [6.07, 6.45) is 2.30. The van der Waals surface area contributed by atoms with Crippen LogP contribution in [-0.4, -0.2) is 53.2 Å². The maximum absolute atomic E-state index is 14.4. The molecular formula is C17H20FN7O5S. The van der Waals surface area contributed by atoms with Crippen LogP contribution in [0.4, 0.5) is 15.1 Å². The van der Waals surface area contributed by atoms with Crippen LogP contribution in [0.25, 0.3) is 5.65 Å². The lowest BCUT2D eigenvalue weighted by Gasteiger charge is -2.09. The maximum atomic E-state index is 14.4. The molecule has 31 heavy (non-hydrogen) atoms. The summed E-state index contributed by atoms with van der Waals surface area (Å²) in [5, 5.41) is 5.39. The van der Waals surface area contributed by atoms with Gasteiger partial charge in [-0.15, -0.1) is 0 Å². The van der Waals surface area contributed by atoms with E-state index in [-0.39, 0.29) is 23.4 Å². The molecule has 3 rings (SSSR count). The molecule has 0 aliphatic rings. The summed E-state index contributed by atoms with van der Waals surface area (Å²) < 4.78 is 52.2. The summed E-state index contributed by atoms with van der Waals surface area (Å²) in [6, 6.07) is 3.22. The molecule has 0 atom stereocenters. The number of methoxy groups -OCH3 is 2. The number of nitrogens with zero attached hydrogens (tertiary/aromatic N) is 5. The lowest BCUT2D eigenvalue weighted by molar-refractivity contribution is 0.256. The average molecular weight is 453 g/mol. The number of carbonyl (C=O) groups is 1. The number of aryl methyl sites for hydroxylation is 1. The van der Waals surface area contributed by atoms with Crippen molar-refractivity contribution >= 4 is 27.6 Å². The van der Waals surface area contributed by atoms with Gasteiger partial charge in [0, 0.05) is 0 Å². The van der Waals surface area contributed by atoms with E-state index in [4.69, 9.17) is 9.47 Å². The lowest BCUT2D eigenvalue weighted by atomic mass is 10.2. The molecule has 0 aliphatic carbocycles. The van der Waals surface area contributed by atoms with Gasteiger partial charge in [0.25, 0.3) is 16.0 Å². The minimum absolute atomic E-state index is 0.0144. The second kappa shape index (κ2) is 9.07. The molecule has 3 aromatic rings. The number of carbonyl (C=O) groups excluding carboxylic acids is 1. The highest BCUT2D eigenvalue weighted by Crippen LogP contribution is 2.19. The molecule has 0 unspecified atom stereocenters. The number of rotatable bonds is 8. The highest BCUT2D eigenvalue weighted by atomic mass is 32.2. The Morgan fingerprint density at radius 3 is 2.45 bits per heavy atom. The predicted octanol–water partition coefficient (Wildman–Crippen LogP) is 1.53. The second-order valence-corrected chi connectivity index (χ2v) is 7.84. The van der Waals surface area contributed by atoms with Crippen LogP contribution >= 0.6 is 0 Å². The first-order valence-corrected chi connectivity index (χ1v) is 10.6. The molecule has 3 aromatic heterocycles. The van der Waals surface area contributed by atoms with Gasteiger partial charge in [0.2, 0.25) is 22.7 Å². The topological polar surface area (TPSA) is 150 Å². The fourth-order valence-electron chi connectivity index (χ4n) is 2.61. The van der Waals surface area contributed by atoms with Gasteiger partial charge in [-0.1, -0.05) is 13.3 Å². The Kier molecular flexibility index (Phi) is 6.48.